The maximum Gasteiger partial charge on any atom is 0.147 e. The van der Waals surface area contributed by atoms with Crippen LogP contribution in [0.15, 0.2) is 0 Å². The molecule has 2 aliphatic rings. The first-order chi connectivity index (χ1) is 9.36. The lowest BCUT2D eigenvalue weighted by atomic mass is 10.1. The molecule has 0 N–H and O–H groups in total. The summed E-state index contributed by atoms with van der Waals surface area (Å²) in [6, 6.07) is 2.20. The quantitative estimate of drug-likeness (QED) is 0.745. The van der Waals surface area contributed by atoms with E-state index in [9.17, 15) is 0 Å². The minimum absolute atomic E-state index is 0.480. The van der Waals surface area contributed by atoms with Crippen molar-refractivity contribution < 1.29 is 0 Å². The Bertz CT molecular complexity index is 468. The second-order valence-corrected chi connectivity index (χ2v) is 5.39. The molecule has 0 saturated carbocycles. The highest BCUT2D eigenvalue weighted by Crippen LogP contribution is 2.16. The first-order valence-corrected chi connectivity index (χ1v) is 7.09. The van der Waals surface area contributed by atoms with Crippen molar-refractivity contribution in [2.24, 2.45) is 0 Å². The maximum absolute atomic E-state index is 8.75. The molecule has 0 aliphatic carbocycles. The molecule has 0 spiro atoms. The number of rotatable bonds is 3. The summed E-state index contributed by atoms with van der Waals surface area (Å²) in [7, 11) is 0. The maximum atomic E-state index is 8.75. The third kappa shape index (κ3) is 2.77. The normalized spacial score (nSPS) is 21.0. The lowest BCUT2D eigenvalue weighted by molar-refractivity contribution is 0.204. The van der Waals surface area contributed by atoms with Crippen molar-refractivity contribution >= 4 is 0 Å². The zero-order chi connectivity index (χ0) is 13.1. The van der Waals surface area contributed by atoms with Gasteiger partial charge < -0.3 is 4.57 Å². The molecule has 6 nitrogen and oxygen atoms in total. The molecule has 1 fully saturated rings. The largest absolute Gasteiger partial charge is 0.312 e. The third-order valence-electron chi connectivity index (χ3n) is 4.02. The lowest BCUT2D eigenvalue weighted by Gasteiger charge is -2.28. The van der Waals surface area contributed by atoms with Crippen LogP contribution in [0.1, 0.15) is 30.9 Å². The average Bonchev–Trinajstić information content (AvgIpc) is 2.83. The summed E-state index contributed by atoms with van der Waals surface area (Å²) in [6.45, 7) is 6.35. The van der Waals surface area contributed by atoms with E-state index >= 15 is 0 Å². The molecule has 0 unspecified atom stereocenters. The molecule has 3 heterocycles. The van der Waals surface area contributed by atoms with Crippen LogP contribution in [0.2, 0.25) is 0 Å². The van der Waals surface area contributed by atoms with E-state index in [1.165, 1.54) is 32.4 Å². The van der Waals surface area contributed by atoms with Gasteiger partial charge in [-0.1, -0.05) is 6.42 Å². The Morgan fingerprint density at radius 1 is 1.00 bits per heavy atom. The molecule has 0 bridgehead atoms. The van der Waals surface area contributed by atoms with E-state index in [0.29, 0.717) is 6.54 Å². The minimum Gasteiger partial charge on any atom is -0.312 e. The predicted molar refractivity (Wildman–Crippen MR) is 70.0 cm³/mol. The molecule has 0 atom stereocenters. The van der Waals surface area contributed by atoms with Crippen molar-refractivity contribution in [2.75, 3.05) is 26.2 Å². The molecule has 1 saturated heterocycles. The van der Waals surface area contributed by atoms with Crippen molar-refractivity contribution in [1.29, 1.82) is 5.26 Å². The molecular formula is C13H20N6. The molecular weight excluding hydrogens is 240 g/mol. The van der Waals surface area contributed by atoms with E-state index in [0.717, 1.165) is 37.8 Å². The topological polar surface area (TPSA) is 61.0 Å². The van der Waals surface area contributed by atoms with Crippen molar-refractivity contribution in [2.45, 2.75) is 38.9 Å². The summed E-state index contributed by atoms with van der Waals surface area (Å²) in [5.41, 5.74) is 0. The molecule has 0 amide bonds. The fraction of sp³-hybridized carbons (Fsp3) is 0.769. The van der Waals surface area contributed by atoms with Gasteiger partial charge in [0.05, 0.1) is 25.7 Å². The summed E-state index contributed by atoms with van der Waals surface area (Å²) < 4.78 is 2.24. The summed E-state index contributed by atoms with van der Waals surface area (Å²) in [5, 5.41) is 17.4. The third-order valence-corrected chi connectivity index (χ3v) is 4.02. The average molecular weight is 260 g/mol. The highest BCUT2D eigenvalue weighted by molar-refractivity contribution is 5.00. The van der Waals surface area contributed by atoms with Gasteiger partial charge in [-0.15, -0.1) is 10.2 Å². The number of nitriles is 1. The van der Waals surface area contributed by atoms with Gasteiger partial charge in [0.1, 0.15) is 11.6 Å². The van der Waals surface area contributed by atoms with E-state index in [1.807, 2.05) is 0 Å². The minimum atomic E-state index is 0.480. The van der Waals surface area contributed by atoms with Gasteiger partial charge in [-0.3, -0.25) is 9.80 Å². The van der Waals surface area contributed by atoms with Crippen molar-refractivity contribution in [1.82, 2.24) is 24.6 Å². The number of hydrogen-bond acceptors (Lipinski definition) is 5. The van der Waals surface area contributed by atoms with E-state index in [1.54, 1.807) is 0 Å². The highest BCUT2D eigenvalue weighted by Gasteiger charge is 2.22. The summed E-state index contributed by atoms with van der Waals surface area (Å²) in [5.74, 6) is 2.10. The van der Waals surface area contributed by atoms with E-state index in [4.69, 9.17) is 5.26 Å². The number of aromatic nitrogens is 3. The van der Waals surface area contributed by atoms with Crippen molar-refractivity contribution in [3.05, 3.63) is 11.6 Å². The van der Waals surface area contributed by atoms with E-state index in [2.05, 4.69) is 30.6 Å². The van der Waals surface area contributed by atoms with Gasteiger partial charge >= 0.3 is 0 Å². The number of likely N-dealkylation sites (tertiary alicyclic amines) is 1. The van der Waals surface area contributed by atoms with Gasteiger partial charge in [0, 0.05) is 13.1 Å². The SMILES string of the molecule is N#CCN1CCn2c(nnc2CN2CCCCC2)C1. The van der Waals surface area contributed by atoms with Crippen LogP contribution in [0.4, 0.5) is 0 Å². The Labute approximate surface area is 113 Å². The Morgan fingerprint density at radius 2 is 1.84 bits per heavy atom. The molecule has 1 aromatic heterocycles. The number of fused-ring (bicyclic) bond motifs is 1. The van der Waals surface area contributed by atoms with Crippen LogP contribution in [0.25, 0.3) is 0 Å². The van der Waals surface area contributed by atoms with Crippen LogP contribution >= 0.6 is 0 Å². The Balaban J connectivity index is 1.67. The van der Waals surface area contributed by atoms with Gasteiger partial charge in [0.25, 0.3) is 0 Å². The first-order valence-electron chi connectivity index (χ1n) is 7.09. The Kier molecular flexibility index (Phi) is 3.76. The van der Waals surface area contributed by atoms with Gasteiger partial charge in [0.15, 0.2) is 0 Å². The molecule has 0 radical (unpaired) electrons. The molecule has 2 aliphatic heterocycles. The number of piperidine rings is 1. The van der Waals surface area contributed by atoms with Crippen LogP contribution in [-0.4, -0.2) is 50.7 Å². The molecule has 6 heteroatoms. The summed E-state index contributed by atoms with van der Waals surface area (Å²) in [6.07, 6.45) is 3.96. The zero-order valence-corrected chi connectivity index (χ0v) is 11.3. The van der Waals surface area contributed by atoms with Crippen LogP contribution < -0.4 is 0 Å². The predicted octanol–water partition coefficient (Wildman–Crippen LogP) is 0.603. The van der Waals surface area contributed by atoms with Gasteiger partial charge in [-0.2, -0.15) is 5.26 Å². The fourth-order valence-electron chi connectivity index (χ4n) is 2.94. The van der Waals surface area contributed by atoms with Crippen LogP contribution in [-0.2, 0) is 19.6 Å². The molecule has 0 aromatic carbocycles. The highest BCUT2D eigenvalue weighted by atomic mass is 15.4. The van der Waals surface area contributed by atoms with Gasteiger partial charge in [-0.05, 0) is 25.9 Å². The smallest absolute Gasteiger partial charge is 0.147 e. The van der Waals surface area contributed by atoms with Crippen LogP contribution in [0, 0.1) is 11.3 Å². The summed E-state index contributed by atoms with van der Waals surface area (Å²) in [4.78, 5) is 4.59. The monoisotopic (exact) mass is 260 g/mol. The summed E-state index contributed by atoms with van der Waals surface area (Å²) >= 11 is 0. The lowest BCUT2D eigenvalue weighted by Crippen LogP contribution is -2.36. The number of hydrogen-bond donors (Lipinski definition) is 0. The second kappa shape index (κ2) is 5.68. The Morgan fingerprint density at radius 3 is 2.63 bits per heavy atom. The van der Waals surface area contributed by atoms with Gasteiger partial charge in [-0.25, -0.2) is 0 Å². The second-order valence-electron chi connectivity index (χ2n) is 5.39. The first kappa shape index (κ1) is 12.6. The van der Waals surface area contributed by atoms with Gasteiger partial charge in [0.2, 0.25) is 0 Å². The van der Waals surface area contributed by atoms with Crippen LogP contribution in [0.5, 0.6) is 0 Å². The van der Waals surface area contributed by atoms with Crippen molar-refractivity contribution in [3.8, 4) is 6.07 Å². The molecule has 3 rings (SSSR count). The van der Waals surface area contributed by atoms with E-state index in [-0.39, 0.29) is 0 Å². The van der Waals surface area contributed by atoms with E-state index < -0.39 is 0 Å². The van der Waals surface area contributed by atoms with Crippen LogP contribution in [0.3, 0.4) is 0 Å². The molecule has 19 heavy (non-hydrogen) atoms. The molecule has 1 aromatic rings. The zero-order valence-electron chi connectivity index (χ0n) is 11.3. The van der Waals surface area contributed by atoms with Crippen molar-refractivity contribution in [3.63, 3.8) is 0 Å². The standard InChI is InChI=1S/C13H20N6/c14-4-7-18-8-9-19-12(15-16-13(19)11-18)10-17-5-2-1-3-6-17/h1-3,5-11H2. The molecule has 102 valence electrons. The fourth-order valence-corrected chi connectivity index (χ4v) is 2.94. The Hall–Kier alpha value is -1.45. The number of nitrogens with zero attached hydrogens (tertiary/aromatic N) is 6.